The molecule has 1 aliphatic heterocycles. The molecule has 7 heteroatoms. The third-order valence-electron chi connectivity index (χ3n) is 6.84. The molecule has 0 radical (unpaired) electrons. The van der Waals surface area contributed by atoms with Gasteiger partial charge in [0.25, 0.3) is 15.9 Å². The van der Waals surface area contributed by atoms with Crippen molar-refractivity contribution in [2.24, 2.45) is 0 Å². The molecular formula is C28H30N2O4S. The van der Waals surface area contributed by atoms with Crippen molar-refractivity contribution < 1.29 is 17.9 Å². The van der Waals surface area contributed by atoms with Crippen LogP contribution in [0.5, 0.6) is 5.75 Å². The molecule has 1 N–H and O–H groups in total. The number of aryl methyl sites for hydroxylation is 3. The Bertz CT molecular complexity index is 1350. The minimum Gasteiger partial charge on any atom is -0.476 e. The molecule has 0 aromatic heterocycles. The van der Waals surface area contributed by atoms with Crippen molar-refractivity contribution in [2.75, 3.05) is 10.8 Å². The molecule has 0 unspecified atom stereocenters. The van der Waals surface area contributed by atoms with Crippen LogP contribution in [0.4, 0.5) is 5.69 Å². The van der Waals surface area contributed by atoms with Gasteiger partial charge in [0.2, 0.25) is 0 Å². The van der Waals surface area contributed by atoms with Crippen molar-refractivity contribution in [1.82, 2.24) is 5.32 Å². The largest absolute Gasteiger partial charge is 0.476 e. The number of nitrogens with zero attached hydrogens (tertiary/aromatic N) is 1. The average Bonchev–Trinajstić information content (AvgIpc) is 2.88. The molecule has 0 saturated carbocycles. The second-order valence-electron chi connectivity index (χ2n) is 9.39. The Balaban J connectivity index is 1.40. The van der Waals surface area contributed by atoms with Crippen molar-refractivity contribution in [2.45, 2.75) is 56.6 Å². The zero-order valence-corrected chi connectivity index (χ0v) is 20.8. The van der Waals surface area contributed by atoms with E-state index in [1.165, 1.54) is 28.3 Å². The number of rotatable bonds is 5. The molecule has 35 heavy (non-hydrogen) atoms. The van der Waals surface area contributed by atoms with Gasteiger partial charge >= 0.3 is 0 Å². The second-order valence-corrected chi connectivity index (χ2v) is 11.3. The molecule has 1 aliphatic carbocycles. The van der Waals surface area contributed by atoms with E-state index in [0.717, 1.165) is 24.0 Å². The Hall–Kier alpha value is -3.32. The molecule has 182 valence electrons. The van der Waals surface area contributed by atoms with Crippen LogP contribution in [0.1, 0.15) is 48.1 Å². The lowest BCUT2D eigenvalue weighted by Crippen LogP contribution is -2.51. The van der Waals surface area contributed by atoms with Gasteiger partial charge in [-0.15, -0.1) is 0 Å². The number of hydrogen-bond donors (Lipinski definition) is 1. The van der Waals surface area contributed by atoms with Crippen molar-refractivity contribution in [3.05, 3.63) is 89.0 Å². The first-order valence-corrected chi connectivity index (χ1v) is 13.5. The maximum atomic E-state index is 13.5. The van der Waals surface area contributed by atoms with E-state index >= 15 is 0 Å². The molecule has 5 rings (SSSR count). The highest BCUT2D eigenvalue weighted by molar-refractivity contribution is 7.92. The number of anilines is 1. The summed E-state index contributed by atoms with van der Waals surface area (Å²) in [5.74, 6) is 0.0395. The highest BCUT2D eigenvalue weighted by Gasteiger charge is 2.38. The zero-order chi connectivity index (χ0) is 24.6. The molecule has 0 saturated heterocycles. The van der Waals surface area contributed by atoms with Crippen LogP contribution in [0, 0.1) is 6.92 Å². The van der Waals surface area contributed by atoms with Crippen LogP contribution >= 0.6 is 0 Å². The first kappa shape index (κ1) is 23.4. The number of ether oxygens (including phenoxy) is 1. The fourth-order valence-electron chi connectivity index (χ4n) is 4.86. The maximum Gasteiger partial charge on any atom is 0.264 e. The van der Waals surface area contributed by atoms with E-state index in [0.29, 0.717) is 11.4 Å². The molecule has 3 aromatic carbocycles. The standard InChI is InChI=1S/C28H30N2O4S/c1-19-12-15-26-25(16-19)30(35(32,33)24-10-4-3-5-11-24)18-27(34-26)28(31)29-20(2)22-14-13-21-8-6-7-9-23(21)17-22/h3-5,10-17,20,27H,6-9,18H2,1-2H3,(H,29,31)/t20-,27-/m1/s1. The maximum absolute atomic E-state index is 13.5. The smallest absolute Gasteiger partial charge is 0.264 e. The average molecular weight is 491 g/mol. The fourth-order valence-corrected chi connectivity index (χ4v) is 6.35. The molecule has 6 nitrogen and oxygen atoms in total. The number of sulfonamides is 1. The van der Waals surface area contributed by atoms with Gasteiger partial charge in [-0.2, -0.15) is 0 Å². The summed E-state index contributed by atoms with van der Waals surface area (Å²) >= 11 is 0. The first-order chi connectivity index (χ1) is 16.8. The lowest BCUT2D eigenvalue weighted by molar-refractivity contribution is -0.128. The van der Waals surface area contributed by atoms with Crippen LogP contribution in [0.15, 0.2) is 71.6 Å². The molecule has 1 amide bonds. The minimum atomic E-state index is -3.88. The van der Waals surface area contributed by atoms with Gasteiger partial charge in [0.05, 0.1) is 23.2 Å². The molecule has 1 heterocycles. The summed E-state index contributed by atoms with van der Waals surface area (Å²) in [4.78, 5) is 13.5. The van der Waals surface area contributed by atoms with Crippen LogP contribution in [0.3, 0.4) is 0 Å². The quantitative estimate of drug-likeness (QED) is 0.562. The van der Waals surface area contributed by atoms with E-state index in [9.17, 15) is 13.2 Å². The Morgan fingerprint density at radius 1 is 1.00 bits per heavy atom. The van der Waals surface area contributed by atoms with E-state index in [-0.39, 0.29) is 23.4 Å². The Kier molecular flexibility index (Phi) is 6.28. The number of nitrogens with one attached hydrogen (secondary N) is 1. The van der Waals surface area contributed by atoms with Crippen LogP contribution in [-0.2, 0) is 27.7 Å². The lowest BCUT2D eigenvalue weighted by atomic mass is 9.89. The topological polar surface area (TPSA) is 75.7 Å². The minimum absolute atomic E-state index is 0.101. The summed E-state index contributed by atoms with van der Waals surface area (Å²) in [5, 5.41) is 3.04. The predicted molar refractivity (Wildman–Crippen MR) is 136 cm³/mol. The number of amides is 1. The van der Waals surface area contributed by atoms with E-state index in [2.05, 4.69) is 23.5 Å². The van der Waals surface area contributed by atoms with Crippen LogP contribution < -0.4 is 14.4 Å². The summed E-state index contributed by atoms with van der Waals surface area (Å²) in [6.07, 6.45) is 3.62. The van der Waals surface area contributed by atoms with E-state index in [4.69, 9.17) is 4.74 Å². The van der Waals surface area contributed by atoms with Gasteiger partial charge in [-0.05, 0) is 86.1 Å². The number of carbonyl (C=O) groups is 1. The fraction of sp³-hybridized carbons (Fsp3) is 0.321. The van der Waals surface area contributed by atoms with Gasteiger partial charge in [-0.1, -0.05) is 42.5 Å². The van der Waals surface area contributed by atoms with Gasteiger partial charge in [-0.25, -0.2) is 8.42 Å². The van der Waals surface area contributed by atoms with Crippen LogP contribution in [0.2, 0.25) is 0 Å². The molecule has 2 atom stereocenters. The van der Waals surface area contributed by atoms with Crippen molar-refractivity contribution >= 4 is 21.6 Å². The van der Waals surface area contributed by atoms with Crippen molar-refractivity contribution in [3.8, 4) is 5.75 Å². The van der Waals surface area contributed by atoms with E-state index < -0.39 is 16.1 Å². The van der Waals surface area contributed by atoms with Crippen molar-refractivity contribution in [1.29, 1.82) is 0 Å². The molecule has 0 fully saturated rings. The van der Waals surface area contributed by atoms with Gasteiger partial charge in [0.15, 0.2) is 6.10 Å². The number of benzene rings is 3. The molecule has 2 aliphatic rings. The Morgan fingerprint density at radius 3 is 2.51 bits per heavy atom. The van der Waals surface area contributed by atoms with Crippen LogP contribution in [0.25, 0.3) is 0 Å². The van der Waals surface area contributed by atoms with E-state index in [1.54, 1.807) is 42.5 Å². The third-order valence-corrected chi connectivity index (χ3v) is 8.63. The summed E-state index contributed by atoms with van der Waals surface area (Å²) in [6.45, 7) is 3.74. The molecular weight excluding hydrogens is 460 g/mol. The normalized spacial score (nSPS) is 18.1. The van der Waals surface area contributed by atoms with Gasteiger partial charge < -0.3 is 10.1 Å². The summed E-state index contributed by atoms with van der Waals surface area (Å²) in [7, 11) is -3.88. The van der Waals surface area contributed by atoms with Gasteiger partial charge in [0.1, 0.15) is 5.75 Å². The van der Waals surface area contributed by atoms with Gasteiger partial charge in [0, 0.05) is 0 Å². The first-order valence-electron chi connectivity index (χ1n) is 12.1. The number of carbonyl (C=O) groups excluding carboxylic acids is 1. The summed E-state index contributed by atoms with van der Waals surface area (Å²) in [6, 6.07) is 19.8. The molecule has 3 aromatic rings. The number of hydrogen-bond acceptors (Lipinski definition) is 4. The lowest BCUT2D eigenvalue weighted by Gasteiger charge is -2.35. The SMILES string of the molecule is Cc1ccc2c(c1)N(S(=O)(=O)c1ccccc1)C[C@H](C(=O)N[C@H](C)c1ccc3c(c1)CCCC3)O2. The molecule has 0 spiro atoms. The second kappa shape index (κ2) is 9.38. The summed E-state index contributed by atoms with van der Waals surface area (Å²) < 4.78 is 34.4. The number of fused-ring (bicyclic) bond motifs is 2. The highest BCUT2D eigenvalue weighted by atomic mass is 32.2. The van der Waals surface area contributed by atoms with E-state index in [1.807, 2.05) is 19.9 Å². The zero-order valence-electron chi connectivity index (χ0n) is 20.0. The third kappa shape index (κ3) is 4.65. The van der Waals surface area contributed by atoms with Crippen molar-refractivity contribution in [3.63, 3.8) is 0 Å². The highest BCUT2D eigenvalue weighted by Crippen LogP contribution is 2.38. The Morgan fingerprint density at radius 2 is 1.74 bits per heavy atom. The van der Waals surface area contributed by atoms with Crippen LogP contribution in [-0.4, -0.2) is 27.0 Å². The predicted octanol–water partition coefficient (Wildman–Crippen LogP) is 4.71. The summed E-state index contributed by atoms with van der Waals surface area (Å²) in [5.41, 5.74) is 5.14. The monoisotopic (exact) mass is 490 g/mol. The van der Waals surface area contributed by atoms with Gasteiger partial charge in [-0.3, -0.25) is 9.10 Å². The Labute approximate surface area is 207 Å². The molecule has 0 bridgehead atoms.